The minimum absolute atomic E-state index is 0.904. The Hall–Kier alpha value is -1.13. The summed E-state index contributed by atoms with van der Waals surface area (Å²) >= 11 is 5.12. The number of aryl methyl sites for hydroxylation is 1. The van der Waals surface area contributed by atoms with Gasteiger partial charge in [0.05, 0.1) is 15.0 Å². The van der Waals surface area contributed by atoms with Gasteiger partial charge in [-0.15, -0.1) is 11.3 Å². The molecular formula is C12H8BrNOS. The van der Waals surface area contributed by atoms with E-state index in [-0.39, 0.29) is 0 Å². The van der Waals surface area contributed by atoms with Gasteiger partial charge in [0.15, 0.2) is 0 Å². The molecule has 0 N–H and O–H groups in total. The summed E-state index contributed by atoms with van der Waals surface area (Å²) in [6.45, 7) is 1.99. The highest BCUT2D eigenvalue weighted by molar-refractivity contribution is 9.11. The second-order valence-corrected chi connectivity index (χ2v) is 5.84. The van der Waals surface area contributed by atoms with Gasteiger partial charge in [-0.05, 0) is 28.9 Å². The maximum Gasteiger partial charge on any atom is 0.134 e. The van der Waals surface area contributed by atoms with Crippen LogP contribution in [-0.4, -0.2) is 4.98 Å². The van der Waals surface area contributed by atoms with Crippen LogP contribution in [0.15, 0.2) is 38.7 Å². The van der Waals surface area contributed by atoms with Crippen molar-refractivity contribution in [3.8, 4) is 10.6 Å². The third-order valence-electron chi connectivity index (χ3n) is 2.45. The number of rotatable bonds is 1. The van der Waals surface area contributed by atoms with E-state index in [4.69, 9.17) is 4.42 Å². The van der Waals surface area contributed by atoms with Gasteiger partial charge in [0.2, 0.25) is 0 Å². The Bertz CT molecular complexity index is 636. The van der Waals surface area contributed by atoms with Gasteiger partial charge in [-0.2, -0.15) is 0 Å². The monoisotopic (exact) mass is 293 g/mol. The number of para-hydroxylation sites is 1. The van der Waals surface area contributed by atoms with Crippen LogP contribution in [0.2, 0.25) is 0 Å². The number of fused-ring (bicyclic) bond motifs is 1. The molecule has 0 saturated carbocycles. The van der Waals surface area contributed by atoms with Crippen LogP contribution < -0.4 is 0 Å². The number of halogens is 1. The molecule has 2 aromatic heterocycles. The summed E-state index contributed by atoms with van der Waals surface area (Å²) in [5, 5.41) is 2.11. The minimum Gasteiger partial charge on any atom is -0.464 e. The number of furan rings is 1. The average Bonchev–Trinajstić information content (AvgIpc) is 2.83. The van der Waals surface area contributed by atoms with E-state index < -0.39 is 0 Å². The number of nitrogens with zero attached hydrogens (tertiary/aromatic N) is 1. The van der Waals surface area contributed by atoms with Crippen molar-refractivity contribution >= 4 is 38.2 Å². The molecule has 2 heterocycles. The van der Waals surface area contributed by atoms with E-state index in [1.807, 2.05) is 25.1 Å². The molecule has 0 spiro atoms. The van der Waals surface area contributed by atoms with E-state index in [0.29, 0.717) is 0 Å². The first-order chi connectivity index (χ1) is 7.75. The standard InChI is InChI=1S/C12H8BrNOS/c1-7-11(13)16-12(14-7)9-6-15-10-5-3-2-4-8(9)10/h2-6H,1H3. The normalized spacial score (nSPS) is 11.1. The van der Waals surface area contributed by atoms with Crippen molar-refractivity contribution in [2.45, 2.75) is 6.92 Å². The predicted octanol–water partition coefficient (Wildman–Crippen LogP) is 4.63. The topological polar surface area (TPSA) is 26.0 Å². The van der Waals surface area contributed by atoms with Crippen molar-refractivity contribution in [2.75, 3.05) is 0 Å². The highest BCUT2D eigenvalue weighted by Crippen LogP contribution is 2.36. The third kappa shape index (κ3) is 1.49. The van der Waals surface area contributed by atoms with Crippen LogP contribution in [0.3, 0.4) is 0 Å². The Balaban J connectivity index is 2.26. The fraction of sp³-hybridized carbons (Fsp3) is 0.0833. The molecule has 3 rings (SSSR count). The van der Waals surface area contributed by atoms with Crippen LogP contribution in [0.1, 0.15) is 5.69 Å². The molecule has 0 fully saturated rings. The first-order valence-electron chi connectivity index (χ1n) is 4.85. The molecule has 3 aromatic rings. The summed E-state index contributed by atoms with van der Waals surface area (Å²) in [7, 11) is 0. The number of benzene rings is 1. The van der Waals surface area contributed by atoms with Crippen LogP contribution in [0.25, 0.3) is 21.5 Å². The highest BCUT2D eigenvalue weighted by atomic mass is 79.9. The number of hydrogen-bond donors (Lipinski definition) is 0. The fourth-order valence-electron chi connectivity index (χ4n) is 1.64. The lowest BCUT2D eigenvalue weighted by Crippen LogP contribution is -1.74. The molecule has 2 nitrogen and oxygen atoms in total. The molecular weight excluding hydrogens is 286 g/mol. The van der Waals surface area contributed by atoms with Gasteiger partial charge < -0.3 is 4.42 Å². The maximum atomic E-state index is 5.50. The predicted molar refractivity (Wildman–Crippen MR) is 69.8 cm³/mol. The molecule has 0 saturated heterocycles. The molecule has 0 unspecified atom stereocenters. The molecule has 80 valence electrons. The Labute approximate surface area is 105 Å². The Morgan fingerprint density at radius 3 is 2.88 bits per heavy atom. The van der Waals surface area contributed by atoms with E-state index in [0.717, 1.165) is 31.0 Å². The quantitative estimate of drug-likeness (QED) is 0.654. The number of aromatic nitrogens is 1. The number of hydrogen-bond acceptors (Lipinski definition) is 3. The van der Waals surface area contributed by atoms with Crippen molar-refractivity contribution in [1.29, 1.82) is 0 Å². The Morgan fingerprint density at radius 2 is 2.12 bits per heavy atom. The molecule has 4 heteroatoms. The zero-order chi connectivity index (χ0) is 11.1. The van der Waals surface area contributed by atoms with Gasteiger partial charge in [0.1, 0.15) is 16.9 Å². The minimum atomic E-state index is 0.904. The summed E-state index contributed by atoms with van der Waals surface area (Å²) in [6, 6.07) is 8.00. The van der Waals surface area contributed by atoms with Crippen LogP contribution in [-0.2, 0) is 0 Å². The average molecular weight is 294 g/mol. The second-order valence-electron chi connectivity index (χ2n) is 3.52. The molecule has 0 atom stereocenters. The Kier molecular flexibility index (Phi) is 2.33. The summed E-state index contributed by atoms with van der Waals surface area (Å²) in [5.41, 5.74) is 2.99. The smallest absolute Gasteiger partial charge is 0.134 e. The number of thiazole rings is 1. The molecule has 0 aliphatic heterocycles. The maximum absolute atomic E-state index is 5.50. The summed E-state index contributed by atoms with van der Waals surface area (Å²) in [6.07, 6.45) is 1.77. The van der Waals surface area contributed by atoms with Crippen LogP contribution in [0, 0.1) is 6.92 Å². The van der Waals surface area contributed by atoms with Gasteiger partial charge in [-0.1, -0.05) is 18.2 Å². The van der Waals surface area contributed by atoms with E-state index in [1.165, 1.54) is 0 Å². The second kappa shape index (κ2) is 3.71. The van der Waals surface area contributed by atoms with E-state index in [1.54, 1.807) is 17.6 Å². The van der Waals surface area contributed by atoms with Crippen molar-refractivity contribution in [2.24, 2.45) is 0 Å². The lowest BCUT2D eigenvalue weighted by atomic mass is 10.2. The van der Waals surface area contributed by atoms with Crippen molar-refractivity contribution in [3.05, 3.63) is 40.0 Å². The molecule has 1 aromatic carbocycles. The highest BCUT2D eigenvalue weighted by Gasteiger charge is 2.12. The van der Waals surface area contributed by atoms with Crippen LogP contribution in [0.4, 0.5) is 0 Å². The molecule has 0 aliphatic carbocycles. The van der Waals surface area contributed by atoms with Gasteiger partial charge in [0, 0.05) is 5.39 Å². The third-order valence-corrected chi connectivity index (χ3v) is 4.49. The summed E-state index contributed by atoms with van der Waals surface area (Å²) in [4.78, 5) is 4.51. The van der Waals surface area contributed by atoms with E-state index in [9.17, 15) is 0 Å². The largest absolute Gasteiger partial charge is 0.464 e. The Morgan fingerprint density at radius 1 is 1.31 bits per heavy atom. The van der Waals surface area contributed by atoms with Crippen LogP contribution >= 0.6 is 27.3 Å². The molecule has 0 bridgehead atoms. The molecule has 0 radical (unpaired) electrons. The van der Waals surface area contributed by atoms with Gasteiger partial charge in [-0.3, -0.25) is 0 Å². The van der Waals surface area contributed by atoms with Crippen LogP contribution in [0.5, 0.6) is 0 Å². The SMILES string of the molecule is Cc1nc(-c2coc3ccccc23)sc1Br. The summed E-state index contributed by atoms with van der Waals surface area (Å²) < 4.78 is 6.58. The molecule has 0 amide bonds. The van der Waals surface area contributed by atoms with Crippen molar-refractivity contribution in [3.63, 3.8) is 0 Å². The van der Waals surface area contributed by atoms with Gasteiger partial charge in [0.25, 0.3) is 0 Å². The van der Waals surface area contributed by atoms with Crippen molar-refractivity contribution in [1.82, 2.24) is 4.98 Å². The van der Waals surface area contributed by atoms with Crippen molar-refractivity contribution < 1.29 is 4.42 Å². The lowest BCUT2D eigenvalue weighted by molar-refractivity contribution is 0.617. The van der Waals surface area contributed by atoms with E-state index >= 15 is 0 Å². The zero-order valence-electron chi connectivity index (χ0n) is 8.53. The first kappa shape index (κ1) is 10.1. The molecule has 0 aliphatic rings. The van der Waals surface area contributed by atoms with Gasteiger partial charge >= 0.3 is 0 Å². The first-order valence-corrected chi connectivity index (χ1v) is 6.46. The van der Waals surface area contributed by atoms with Gasteiger partial charge in [-0.25, -0.2) is 4.98 Å². The molecule has 16 heavy (non-hydrogen) atoms. The zero-order valence-corrected chi connectivity index (χ0v) is 10.9. The summed E-state index contributed by atoms with van der Waals surface area (Å²) in [5.74, 6) is 0. The fourth-order valence-corrected chi connectivity index (χ4v) is 3.00. The lowest BCUT2D eigenvalue weighted by Gasteiger charge is -1.90. The van der Waals surface area contributed by atoms with E-state index in [2.05, 4.69) is 27.0 Å².